The van der Waals surface area contributed by atoms with Crippen LogP contribution in [0.15, 0.2) is 72.8 Å². The highest BCUT2D eigenvalue weighted by Crippen LogP contribution is 2.28. The molecule has 42 heavy (non-hydrogen) atoms. The third-order valence-corrected chi connectivity index (χ3v) is 9.81. The molecule has 2 atom stereocenters. The number of carbonyl (C=O) groups excluding carboxylic acids is 1. The SMILES string of the molecule is CCNc1cc(C(=O)N[C@@H](Cc2ccccc2)[C@H](O)CNC2Cc3ccccc3C2)cc(N2CCCCS2(=O)=O)c1.Cl. The van der Waals surface area contributed by atoms with E-state index >= 15 is 0 Å². The maximum absolute atomic E-state index is 13.7. The molecule has 2 aliphatic rings. The topological polar surface area (TPSA) is 111 Å². The summed E-state index contributed by atoms with van der Waals surface area (Å²) >= 11 is 0. The monoisotopic (exact) mass is 612 g/mol. The predicted octanol–water partition coefficient (Wildman–Crippen LogP) is 3.93. The van der Waals surface area contributed by atoms with Gasteiger partial charge < -0.3 is 21.1 Å². The van der Waals surface area contributed by atoms with E-state index in [1.54, 1.807) is 18.2 Å². The number of halogens is 1. The molecule has 1 heterocycles. The lowest BCUT2D eigenvalue weighted by Gasteiger charge is -2.29. The Kier molecular flexibility index (Phi) is 10.9. The molecule has 1 amide bonds. The highest BCUT2D eigenvalue weighted by Gasteiger charge is 2.29. The first-order chi connectivity index (χ1) is 19.8. The molecule has 1 aliphatic carbocycles. The molecule has 4 N–H and O–H groups in total. The number of benzene rings is 3. The van der Waals surface area contributed by atoms with Crippen LogP contribution in [0.4, 0.5) is 11.4 Å². The molecule has 8 nitrogen and oxygen atoms in total. The summed E-state index contributed by atoms with van der Waals surface area (Å²) in [6, 6.07) is 23.0. The second-order valence-electron chi connectivity index (χ2n) is 11.0. The quantitative estimate of drug-likeness (QED) is 0.261. The molecule has 0 unspecified atom stereocenters. The van der Waals surface area contributed by atoms with Gasteiger partial charge in [-0.25, -0.2) is 8.42 Å². The molecule has 0 bridgehead atoms. The minimum atomic E-state index is -3.44. The number of nitrogens with one attached hydrogen (secondary N) is 3. The minimum absolute atomic E-state index is 0. The Hall–Kier alpha value is -3.11. The largest absolute Gasteiger partial charge is 0.390 e. The summed E-state index contributed by atoms with van der Waals surface area (Å²) in [4.78, 5) is 13.7. The molecule has 10 heteroatoms. The van der Waals surface area contributed by atoms with E-state index in [4.69, 9.17) is 0 Å². The van der Waals surface area contributed by atoms with Gasteiger partial charge in [0.1, 0.15) is 0 Å². The maximum Gasteiger partial charge on any atom is 0.251 e. The van der Waals surface area contributed by atoms with Crippen molar-refractivity contribution in [2.75, 3.05) is 35.0 Å². The van der Waals surface area contributed by atoms with Crippen LogP contribution in [0.25, 0.3) is 0 Å². The standard InChI is InChI=1S/C32H40N4O4S.ClH/c1-2-33-28-19-26(20-29(21-28)36-14-8-9-15-41(36,39)40)32(38)35-30(16-23-10-4-3-5-11-23)31(37)22-34-27-17-24-12-6-7-13-25(24)18-27;/h3-7,10-13,19-21,27,30-31,33-34,37H,2,8-9,14-18,22H2,1H3,(H,35,38);1H/t30-,31+;/m0./s1. The fourth-order valence-corrected chi connectivity index (χ4v) is 7.43. The Morgan fingerprint density at radius 2 is 1.69 bits per heavy atom. The van der Waals surface area contributed by atoms with Gasteiger partial charge in [0.25, 0.3) is 5.91 Å². The third kappa shape index (κ3) is 7.83. The van der Waals surface area contributed by atoms with Gasteiger partial charge in [-0.3, -0.25) is 9.10 Å². The molecule has 3 aromatic carbocycles. The van der Waals surface area contributed by atoms with Crippen LogP contribution in [-0.2, 0) is 29.3 Å². The number of nitrogens with zero attached hydrogens (tertiary/aromatic N) is 1. The number of fused-ring (bicyclic) bond motifs is 1. The summed E-state index contributed by atoms with van der Waals surface area (Å²) in [6.07, 6.45) is 2.87. The van der Waals surface area contributed by atoms with E-state index in [9.17, 15) is 18.3 Å². The number of aliphatic hydroxyl groups excluding tert-OH is 1. The Morgan fingerprint density at radius 3 is 2.36 bits per heavy atom. The van der Waals surface area contributed by atoms with E-state index in [2.05, 4.69) is 40.2 Å². The smallest absolute Gasteiger partial charge is 0.251 e. The minimum Gasteiger partial charge on any atom is -0.390 e. The number of carbonyl (C=O) groups is 1. The first-order valence-corrected chi connectivity index (χ1v) is 16.2. The average Bonchev–Trinajstić information content (AvgIpc) is 3.39. The summed E-state index contributed by atoms with van der Waals surface area (Å²) < 4.78 is 27.1. The molecule has 0 spiro atoms. The molecule has 0 saturated carbocycles. The predicted molar refractivity (Wildman–Crippen MR) is 171 cm³/mol. The fourth-order valence-electron chi connectivity index (χ4n) is 5.81. The van der Waals surface area contributed by atoms with E-state index < -0.39 is 22.2 Å². The molecule has 0 radical (unpaired) electrons. The number of rotatable bonds is 11. The Labute approximate surface area is 255 Å². The van der Waals surface area contributed by atoms with Crippen molar-refractivity contribution in [2.45, 2.75) is 57.2 Å². The molecule has 5 rings (SSSR count). The van der Waals surface area contributed by atoms with Gasteiger partial charge in [0, 0.05) is 36.9 Å². The fraction of sp³-hybridized carbons (Fsp3) is 0.406. The normalized spacial score (nSPS) is 17.5. The molecule has 0 aromatic heterocycles. The molecular formula is C32H41ClN4O4S. The first-order valence-electron chi connectivity index (χ1n) is 14.5. The van der Waals surface area contributed by atoms with Crippen LogP contribution in [0.2, 0.25) is 0 Å². The Bertz CT molecular complexity index is 1430. The van der Waals surface area contributed by atoms with Gasteiger partial charge in [-0.15, -0.1) is 12.4 Å². The summed E-state index contributed by atoms with van der Waals surface area (Å²) in [5.74, 6) is -0.252. The van der Waals surface area contributed by atoms with Crippen molar-refractivity contribution in [1.82, 2.24) is 10.6 Å². The van der Waals surface area contributed by atoms with Gasteiger partial charge in [-0.05, 0) is 73.9 Å². The van der Waals surface area contributed by atoms with Gasteiger partial charge in [-0.2, -0.15) is 0 Å². The van der Waals surface area contributed by atoms with Gasteiger partial charge in [0.2, 0.25) is 10.0 Å². The van der Waals surface area contributed by atoms with Crippen LogP contribution in [-0.4, -0.2) is 63.0 Å². The summed E-state index contributed by atoms with van der Waals surface area (Å²) in [6.45, 7) is 3.31. The van der Waals surface area contributed by atoms with Gasteiger partial charge in [0.05, 0.1) is 23.6 Å². The van der Waals surface area contributed by atoms with E-state index in [-0.39, 0.29) is 30.1 Å². The molecule has 1 saturated heterocycles. The number of anilines is 2. The highest BCUT2D eigenvalue weighted by atomic mass is 35.5. The van der Waals surface area contributed by atoms with Crippen LogP contribution in [0.5, 0.6) is 0 Å². The zero-order chi connectivity index (χ0) is 28.8. The van der Waals surface area contributed by atoms with Crippen molar-refractivity contribution in [3.63, 3.8) is 0 Å². The lowest BCUT2D eigenvalue weighted by Crippen LogP contribution is -2.50. The van der Waals surface area contributed by atoms with Crippen molar-refractivity contribution in [1.29, 1.82) is 0 Å². The molecule has 3 aromatic rings. The Balaban J connectivity index is 0.00000405. The second kappa shape index (κ2) is 14.4. The maximum atomic E-state index is 13.7. The number of sulfonamides is 1. The van der Waals surface area contributed by atoms with Crippen LogP contribution >= 0.6 is 12.4 Å². The molecule has 1 aliphatic heterocycles. The third-order valence-electron chi connectivity index (χ3n) is 7.94. The van der Waals surface area contributed by atoms with Crippen molar-refractivity contribution in [3.05, 3.63) is 95.1 Å². The van der Waals surface area contributed by atoms with E-state index in [1.807, 2.05) is 37.3 Å². The lowest BCUT2D eigenvalue weighted by molar-refractivity contribution is 0.0825. The Morgan fingerprint density at radius 1 is 1.00 bits per heavy atom. The lowest BCUT2D eigenvalue weighted by atomic mass is 10.00. The van der Waals surface area contributed by atoms with E-state index in [0.717, 1.165) is 24.8 Å². The number of aliphatic hydroxyl groups is 1. The number of amides is 1. The molecule has 1 fully saturated rings. The van der Waals surface area contributed by atoms with Crippen molar-refractivity contribution in [2.24, 2.45) is 0 Å². The number of hydrogen-bond acceptors (Lipinski definition) is 6. The van der Waals surface area contributed by atoms with Crippen LogP contribution < -0.4 is 20.3 Å². The van der Waals surface area contributed by atoms with Crippen molar-refractivity contribution >= 4 is 39.7 Å². The second-order valence-corrected chi connectivity index (χ2v) is 13.0. The van der Waals surface area contributed by atoms with Crippen LogP contribution in [0.3, 0.4) is 0 Å². The van der Waals surface area contributed by atoms with Gasteiger partial charge in [-0.1, -0.05) is 54.6 Å². The van der Waals surface area contributed by atoms with Crippen molar-refractivity contribution < 1.29 is 18.3 Å². The van der Waals surface area contributed by atoms with E-state index in [1.165, 1.54) is 15.4 Å². The van der Waals surface area contributed by atoms with Gasteiger partial charge >= 0.3 is 0 Å². The van der Waals surface area contributed by atoms with Crippen molar-refractivity contribution in [3.8, 4) is 0 Å². The molecular weight excluding hydrogens is 572 g/mol. The molecule has 226 valence electrons. The number of hydrogen-bond donors (Lipinski definition) is 4. The zero-order valence-electron chi connectivity index (χ0n) is 24.0. The van der Waals surface area contributed by atoms with Crippen LogP contribution in [0.1, 0.15) is 46.8 Å². The highest BCUT2D eigenvalue weighted by molar-refractivity contribution is 7.92. The summed E-state index contributed by atoms with van der Waals surface area (Å²) in [7, 11) is -3.44. The summed E-state index contributed by atoms with van der Waals surface area (Å²) in [5.41, 5.74) is 5.19. The zero-order valence-corrected chi connectivity index (χ0v) is 25.6. The average molecular weight is 613 g/mol. The van der Waals surface area contributed by atoms with Gasteiger partial charge in [0.15, 0.2) is 0 Å². The van der Waals surface area contributed by atoms with Crippen LogP contribution in [0, 0.1) is 0 Å². The van der Waals surface area contributed by atoms with E-state index in [0.29, 0.717) is 49.4 Å². The first kappa shape index (κ1) is 31.8. The summed E-state index contributed by atoms with van der Waals surface area (Å²) in [5, 5.41) is 21.1.